The first-order valence-electron chi connectivity index (χ1n) is 7.96. The van der Waals surface area contributed by atoms with Crippen molar-refractivity contribution in [3.05, 3.63) is 0 Å². The summed E-state index contributed by atoms with van der Waals surface area (Å²) in [6.45, 7) is 7.22. The van der Waals surface area contributed by atoms with E-state index in [2.05, 4.69) is 39.5 Å². The second-order valence-corrected chi connectivity index (χ2v) is 5.95. The summed E-state index contributed by atoms with van der Waals surface area (Å²) in [5.41, 5.74) is 0. The van der Waals surface area contributed by atoms with Gasteiger partial charge in [-0.2, -0.15) is 0 Å². The number of halogens is 1. The number of likely N-dealkylation sites (N-methyl/N-ethyl adjacent to an activating group) is 1. The van der Waals surface area contributed by atoms with E-state index < -0.39 is 0 Å². The lowest BCUT2D eigenvalue weighted by atomic mass is 10.1. The van der Waals surface area contributed by atoms with Gasteiger partial charge in [-0.25, -0.2) is 0 Å². The first-order valence-corrected chi connectivity index (χ1v) is 7.96. The number of likely N-dealkylation sites (tertiary alicyclic amines) is 1. The Morgan fingerprint density at radius 3 is 2.73 bits per heavy atom. The first kappa shape index (κ1) is 21.9. The lowest BCUT2D eigenvalue weighted by Crippen LogP contribution is -2.43. The van der Waals surface area contributed by atoms with Crippen molar-refractivity contribution >= 4 is 29.9 Å². The Morgan fingerprint density at radius 2 is 2.14 bits per heavy atom. The molecule has 0 aromatic rings. The Hall–Kier alpha value is -0.120. The van der Waals surface area contributed by atoms with Gasteiger partial charge in [-0.1, -0.05) is 0 Å². The van der Waals surface area contributed by atoms with Gasteiger partial charge in [-0.3, -0.25) is 4.99 Å². The van der Waals surface area contributed by atoms with Gasteiger partial charge in [0.1, 0.15) is 0 Å². The smallest absolute Gasteiger partial charge is 0.191 e. The van der Waals surface area contributed by atoms with E-state index in [0.717, 1.165) is 51.1 Å². The van der Waals surface area contributed by atoms with Gasteiger partial charge < -0.3 is 25.2 Å². The summed E-state index contributed by atoms with van der Waals surface area (Å²) in [6, 6.07) is 0. The van der Waals surface area contributed by atoms with Crippen LogP contribution in [-0.2, 0) is 4.74 Å². The van der Waals surface area contributed by atoms with E-state index in [0.29, 0.717) is 0 Å². The van der Waals surface area contributed by atoms with Gasteiger partial charge in [0.25, 0.3) is 0 Å². The Bertz CT molecular complexity index is 304. The Balaban J connectivity index is 0.00000441. The minimum absolute atomic E-state index is 0. The molecule has 22 heavy (non-hydrogen) atoms. The molecular formula is C15H34IN5O. The maximum atomic E-state index is 5.07. The maximum Gasteiger partial charge on any atom is 0.191 e. The number of hydrogen-bond acceptors (Lipinski definition) is 4. The number of aliphatic imine (C=N–C) groups is 1. The number of hydrogen-bond donors (Lipinski definition) is 2. The molecule has 0 aromatic heterocycles. The van der Waals surface area contributed by atoms with Crippen molar-refractivity contribution in [3.63, 3.8) is 0 Å². The minimum Gasteiger partial charge on any atom is -0.385 e. The predicted molar refractivity (Wildman–Crippen MR) is 104 cm³/mol. The second-order valence-electron chi connectivity index (χ2n) is 5.95. The molecule has 1 rings (SSSR count). The predicted octanol–water partition coefficient (Wildman–Crippen LogP) is 0.689. The van der Waals surface area contributed by atoms with Crippen LogP contribution in [0.25, 0.3) is 0 Å². The highest BCUT2D eigenvalue weighted by molar-refractivity contribution is 14.0. The average Bonchev–Trinajstić information content (AvgIpc) is 2.88. The summed E-state index contributed by atoms with van der Waals surface area (Å²) in [7, 11) is 7.91. The zero-order valence-electron chi connectivity index (χ0n) is 14.6. The highest BCUT2D eigenvalue weighted by Crippen LogP contribution is 2.12. The van der Waals surface area contributed by atoms with Crippen LogP contribution in [0.4, 0.5) is 0 Å². The van der Waals surface area contributed by atoms with Crippen LogP contribution in [-0.4, -0.2) is 89.9 Å². The van der Waals surface area contributed by atoms with Gasteiger partial charge in [0.05, 0.1) is 0 Å². The van der Waals surface area contributed by atoms with Crippen LogP contribution >= 0.6 is 24.0 Å². The van der Waals surface area contributed by atoms with Crippen molar-refractivity contribution in [2.75, 3.05) is 74.1 Å². The number of guanidine groups is 1. The molecule has 6 nitrogen and oxygen atoms in total. The summed E-state index contributed by atoms with van der Waals surface area (Å²) in [5, 5.41) is 6.81. The molecule has 0 amide bonds. The standard InChI is InChI=1S/C15H33N5O.HI/c1-16-15(18-12-14-6-9-20(3)13-14)17-7-10-19(2)8-5-11-21-4;/h14H,5-13H2,1-4H3,(H2,16,17,18);1H. The fraction of sp³-hybridized carbons (Fsp3) is 0.933. The van der Waals surface area contributed by atoms with Crippen LogP contribution in [0.1, 0.15) is 12.8 Å². The van der Waals surface area contributed by atoms with Gasteiger partial charge in [0.15, 0.2) is 5.96 Å². The number of nitrogens with one attached hydrogen (secondary N) is 2. The highest BCUT2D eigenvalue weighted by atomic mass is 127. The molecule has 7 heteroatoms. The topological polar surface area (TPSA) is 52.1 Å². The van der Waals surface area contributed by atoms with E-state index in [9.17, 15) is 0 Å². The molecule has 0 aromatic carbocycles. The van der Waals surface area contributed by atoms with Crippen LogP contribution in [0.15, 0.2) is 4.99 Å². The zero-order valence-corrected chi connectivity index (χ0v) is 16.9. The quantitative estimate of drug-likeness (QED) is 0.246. The minimum atomic E-state index is 0. The molecule has 0 bridgehead atoms. The number of nitrogens with zero attached hydrogens (tertiary/aromatic N) is 3. The van der Waals surface area contributed by atoms with Crippen molar-refractivity contribution in [1.82, 2.24) is 20.4 Å². The fourth-order valence-corrected chi connectivity index (χ4v) is 2.61. The van der Waals surface area contributed by atoms with Gasteiger partial charge in [-0.05, 0) is 39.4 Å². The van der Waals surface area contributed by atoms with Gasteiger partial charge >= 0.3 is 0 Å². The zero-order chi connectivity index (χ0) is 15.5. The van der Waals surface area contributed by atoms with E-state index >= 15 is 0 Å². The SMILES string of the molecule is CN=C(NCCN(C)CCCOC)NCC1CCN(C)C1.I. The molecule has 0 aliphatic carbocycles. The Labute approximate surface area is 153 Å². The van der Waals surface area contributed by atoms with Crippen molar-refractivity contribution in [2.45, 2.75) is 12.8 Å². The third-order valence-electron chi connectivity index (χ3n) is 3.94. The fourth-order valence-electron chi connectivity index (χ4n) is 2.61. The molecule has 1 heterocycles. The Morgan fingerprint density at radius 1 is 1.36 bits per heavy atom. The monoisotopic (exact) mass is 427 g/mol. The van der Waals surface area contributed by atoms with E-state index in [4.69, 9.17) is 4.74 Å². The normalized spacial score (nSPS) is 19.3. The third-order valence-corrected chi connectivity index (χ3v) is 3.94. The number of ether oxygens (including phenoxy) is 1. The molecule has 2 N–H and O–H groups in total. The van der Waals surface area contributed by atoms with E-state index in [1.165, 1.54) is 19.5 Å². The molecule has 1 saturated heterocycles. The number of rotatable bonds is 9. The van der Waals surface area contributed by atoms with Crippen molar-refractivity contribution in [3.8, 4) is 0 Å². The molecule has 1 aliphatic heterocycles. The molecule has 1 unspecified atom stereocenters. The van der Waals surface area contributed by atoms with Gasteiger partial charge in [0.2, 0.25) is 0 Å². The van der Waals surface area contributed by atoms with Crippen molar-refractivity contribution in [2.24, 2.45) is 10.9 Å². The molecular weight excluding hydrogens is 393 g/mol. The molecule has 132 valence electrons. The van der Waals surface area contributed by atoms with Gasteiger partial charge in [-0.15, -0.1) is 24.0 Å². The summed E-state index contributed by atoms with van der Waals surface area (Å²) >= 11 is 0. The molecule has 1 fully saturated rings. The van der Waals surface area contributed by atoms with Crippen LogP contribution in [0, 0.1) is 5.92 Å². The first-order chi connectivity index (χ1) is 10.2. The van der Waals surface area contributed by atoms with Crippen LogP contribution < -0.4 is 10.6 Å². The maximum absolute atomic E-state index is 5.07. The molecule has 1 atom stereocenters. The van der Waals surface area contributed by atoms with Crippen molar-refractivity contribution < 1.29 is 4.74 Å². The summed E-state index contributed by atoms with van der Waals surface area (Å²) in [4.78, 5) is 8.98. The highest BCUT2D eigenvalue weighted by Gasteiger charge is 2.19. The Kier molecular flexibility index (Phi) is 13.3. The summed E-state index contributed by atoms with van der Waals surface area (Å²) < 4.78 is 5.07. The van der Waals surface area contributed by atoms with Crippen LogP contribution in [0.5, 0.6) is 0 Å². The molecule has 0 radical (unpaired) electrons. The lowest BCUT2D eigenvalue weighted by molar-refractivity contribution is 0.180. The van der Waals surface area contributed by atoms with Crippen molar-refractivity contribution in [1.29, 1.82) is 0 Å². The van der Waals surface area contributed by atoms with Gasteiger partial charge in [0, 0.05) is 53.5 Å². The molecule has 0 saturated carbocycles. The summed E-state index contributed by atoms with van der Waals surface area (Å²) in [6.07, 6.45) is 2.36. The average molecular weight is 427 g/mol. The van der Waals surface area contributed by atoms with E-state index in [1.807, 2.05) is 7.05 Å². The third kappa shape index (κ3) is 9.81. The molecule has 0 spiro atoms. The second kappa shape index (κ2) is 13.3. The van der Waals surface area contributed by atoms with E-state index in [1.54, 1.807) is 7.11 Å². The van der Waals surface area contributed by atoms with E-state index in [-0.39, 0.29) is 24.0 Å². The largest absolute Gasteiger partial charge is 0.385 e. The lowest BCUT2D eigenvalue weighted by Gasteiger charge is -2.19. The number of methoxy groups -OCH3 is 1. The summed E-state index contributed by atoms with van der Waals surface area (Å²) in [5.74, 6) is 1.65. The van der Waals surface area contributed by atoms with Crippen LogP contribution in [0.3, 0.4) is 0 Å². The molecule has 1 aliphatic rings. The van der Waals surface area contributed by atoms with Crippen LogP contribution in [0.2, 0.25) is 0 Å².